The molecule has 53 valence electrons. The lowest BCUT2D eigenvalue weighted by Gasteiger charge is -1.99. The van der Waals surface area contributed by atoms with E-state index in [1.807, 2.05) is 20.8 Å². The molecular weight excluding hydrogens is 126 g/mol. The molecule has 10 heavy (non-hydrogen) atoms. The second-order valence-electron chi connectivity index (χ2n) is 2.45. The first-order valence-corrected chi connectivity index (χ1v) is 3.20. The van der Waals surface area contributed by atoms with Gasteiger partial charge in [0, 0.05) is 5.56 Å². The van der Waals surface area contributed by atoms with Crippen molar-refractivity contribution < 1.29 is 0 Å². The number of nitrogens with one attached hydrogen (secondary N) is 1. The van der Waals surface area contributed by atoms with Gasteiger partial charge in [-0.2, -0.15) is 0 Å². The average molecular weight is 136 g/mol. The lowest BCUT2D eigenvalue weighted by molar-refractivity contribution is 1.10. The number of hydrogen-bond donors (Lipinski definition) is 1. The van der Waals surface area contributed by atoms with Crippen molar-refractivity contribution in [1.82, 2.24) is 4.98 Å². The van der Waals surface area contributed by atoms with Gasteiger partial charge < -0.3 is 4.98 Å². The largest absolute Gasteiger partial charge is 0.320 e. The topological polar surface area (TPSA) is 32.9 Å². The highest BCUT2D eigenvalue weighted by atomic mass is 16.1. The van der Waals surface area contributed by atoms with Crippen molar-refractivity contribution >= 4 is 0 Å². The number of rotatable bonds is 0. The van der Waals surface area contributed by atoms with Crippen molar-refractivity contribution in [2.45, 2.75) is 20.8 Å². The second-order valence-corrected chi connectivity index (χ2v) is 2.45. The fourth-order valence-electron chi connectivity index (χ4n) is 0.790. The van der Waals surface area contributed by atoms with Crippen molar-refractivity contribution in [3.05, 3.63) is 33.2 Å². The van der Waals surface area contributed by atoms with Gasteiger partial charge in [0.25, 0.3) is 5.56 Å². The molecule has 1 aromatic heterocycles. The first-order chi connectivity index (χ1) is 4.63. The number of hydrogen-bond acceptors (Lipinski definition) is 1. The Kier molecular flexibility index (Phi) is 1.62. The first kappa shape index (κ1) is 7.06. The maximum absolute atomic E-state index is 10.9. The van der Waals surface area contributed by atoms with E-state index in [0.717, 1.165) is 16.7 Å². The molecule has 0 fully saturated rings. The molecule has 0 aromatic carbocycles. The molecule has 1 heterocycles. The zero-order valence-electron chi connectivity index (χ0n) is 6.41. The minimum atomic E-state index is -0.0388. The summed E-state index contributed by atoms with van der Waals surface area (Å²) in [5.41, 5.74) is 2.79. The van der Waals surface area contributed by atoms with Crippen LogP contribution in [0.4, 0.5) is 0 Å². The monoisotopic (exact) mass is 136 g/mol. The van der Waals surface area contributed by atoms with E-state index in [9.17, 15) is 4.79 Å². The normalized spacial score (nSPS) is 9.90. The van der Waals surface area contributed by atoms with Crippen LogP contribution >= 0.6 is 0 Å². The van der Waals surface area contributed by atoms with Gasteiger partial charge in [0.2, 0.25) is 0 Å². The molecule has 0 spiro atoms. The fourth-order valence-corrected chi connectivity index (χ4v) is 0.790. The van der Waals surface area contributed by atoms with Crippen molar-refractivity contribution in [3.63, 3.8) is 0 Å². The van der Waals surface area contributed by atoms with E-state index in [0.29, 0.717) is 0 Å². The van der Waals surface area contributed by atoms with Crippen molar-refractivity contribution in [1.29, 1.82) is 0 Å². The molecule has 0 saturated carbocycles. The van der Waals surface area contributed by atoms with Crippen molar-refractivity contribution in [2.75, 3.05) is 0 Å². The molecule has 0 atom stereocenters. The molecule has 0 amide bonds. The molecule has 0 aliphatic rings. The van der Waals surface area contributed by atoms with Crippen LogP contribution in [-0.4, -0.2) is 4.98 Å². The number of aryl methyl sites for hydroxylation is 1. The molecule has 0 unspecified atom stereocenters. The third kappa shape index (κ3) is 0.967. The van der Waals surface area contributed by atoms with E-state index in [1.54, 1.807) is 0 Å². The highest BCUT2D eigenvalue weighted by Crippen LogP contribution is 2.03. The Labute approximate surface area is 59.9 Å². The van der Waals surface area contributed by atoms with Gasteiger partial charge in [-0.3, -0.25) is 4.79 Å². The molecule has 2 nitrogen and oxygen atoms in total. The summed E-state index contributed by atoms with van der Waals surface area (Å²) in [4.78, 5) is 13.4. The third-order valence-corrected chi connectivity index (χ3v) is 1.83. The van der Waals surface area contributed by atoms with Crippen molar-refractivity contribution in [2.24, 2.45) is 0 Å². The molecule has 0 bridgehead atoms. The third-order valence-electron chi connectivity index (χ3n) is 1.83. The Morgan fingerprint density at radius 2 is 1.80 bits per heavy atom. The first-order valence-electron chi connectivity index (χ1n) is 3.20. The van der Waals surface area contributed by atoms with Crippen LogP contribution in [0.3, 0.4) is 0 Å². The average Bonchev–Trinajstić information content (AvgIpc) is 1.93. The summed E-state index contributed by atoms with van der Waals surface area (Å²) in [7, 11) is 0. The zero-order chi connectivity index (χ0) is 7.72. The lowest BCUT2D eigenvalue weighted by atomic mass is 10.1. The predicted molar refractivity (Wildman–Crippen MR) is 40.1 cm³/mol. The number of aromatic nitrogens is 1. The van der Waals surface area contributed by atoms with E-state index in [-0.39, 0.29) is 5.56 Å². The molecular formula is C8H10NO. The van der Waals surface area contributed by atoms with Gasteiger partial charge in [-0.25, -0.2) is 0 Å². The number of pyridine rings is 1. The Morgan fingerprint density at radius 1 is 1.20 bits per heavy atom. The van der Waals surface area contributed by atoms with Crippen LogP contribution in [0, 0.1) is 27.0 Å². The summed E-state index contributed by atoms with van der Waals surface area (Å²) in [5, 5.41) is 0. The molecule has 1 N–H and O–H groups in total. The van der Waals surface area contributed by atoms with Gasteiger partial charge in [-0.1, -0.05) is 0 Å². The number of aromatic amines is 1. The Balaban J connectivity index is 3.49. The van der Waals surface area contributed by atoms with E-state index < -0.39 is 0 Å². The van der Waals surface area contributed by atoms with Crippen LogP contribution < -0.4 is 5.56 Å². The zero-order valence-corrected chi connectivity index (χ0v) is 6.41. The van der Waals surface area contributed by atoms with Gasteiger partial charge in [-0.15, -0.1) is 0 Å². The quantitative estimate of drug-likeness (QED) is 0.569. The summed E-state index contributed by atoms with van der Waals surface area (Å²) in [5.74, 6) is 0. The summed E-state index contributed by atoms with van der Waals surface area (Å²) >= 11 is 0. The number of H-pyrrole nitrogens is 1. The summed E-state index contributed by atoms with van der Waals surface area (Å²) in [6.45, 7) is 5.67. The Hall–Kier alpha value is -1.05. The summed E-state index contributed by atoms with van der Waals surface area (Å²) in [6.07, 6.45) is 2.77. The van der Waals surface area contributed by atoms with Crippen LogP contribution in [0.5, 0.6) is 0 Å². The predicted octanol–water partition coefficient (Wildman–Crippen LogP) is 1.10. The van der Waals surface area contributed by atoms with Gasteiger partial charge in [-0.05, 0) is 31.9 Å². The van der Waals surface area contributed by atoms with Crippen LogP contribution in [0.15, 0.2) is 4.79 Å². The Morgan fingerprint density at radius 3 is 2.30 bits per heavy atom. The second kappa shape index (κ2) is 2.29. The standard InChI is InChI=1S/C8H10NO/c1-5-4-9-8(10)7(3)6(5)2/h1-3H3,(H,9,10). The van der Waals surface area contributed by atoms with Crippen LogP contribution in [0.1, 0.15) is 16.7 Å². The van der Waals surface area contributed by atoms with Gasteiger partial charge in [0.05, 0.1) is 6.20 Å². The van der Waals surface area contributed by atoms with Gasteiger partial charge in [0.1, 0.15) is 0 Å². The van der Waals surface area contributed by atoms with Crippen LogP contribution in [-0.2, 0) is 0 Å². The van der Waals surface area contributed by atoms with E-state index >= 15 is 0 Å². The maximum atomic E-state index is 10.9. The van der Waals surface area contributed by atoms with Crippen molar-refractivity contribution in [3.8, 4) is 0 Å². The Bertz CT molecular complexity index is 299. The maximum Gasteiger partial charge on any atom is 0.251 e. The van der Waals surface area contributed by atoms with E-state index in [1.165, 1.54) is 0 Å². The summed E-state index contributed by atoms with van der Waals surface area (Å²) < 4.78 is 0. The van der Waals surface area contributed by atoms with Crippen LogP contribution in [0.25, 0.3) is 0 Å². The van der Waals surface area contributed by atoms with E-state index in [2.05, 4.69) is 11.2 Å². The highest BCUT2D eigenvalue weighted by Gasteiger charge is 1.99. The van der Waals surface area contributed by atoms with Gasteiger partial charge >= 0.3 is 0 Å². The fraction of sp³-hybridized carbons (Fsp3) is 0.375. The molecule has 0 saturated heterocycles. The molecule has 1 radical (unpaired) electrons. The lowest BCUT2D eigenvalue weighted by Crippen LogP contribution is -2.11. The summed E-state index contributed by atoms with van der Waals surface area (Å²) in [6, 6.07) is 0. The minimum Gasteiger partial charge on any atom is -0.320 e. The molecule has 0 aliphatic heterocycles. The highest BCUT2D eigenvalue weighted by molar-refractivity contribution is 5.27. The molecule has 1 rings (SSSR count). The molecule has 0 aliphatic carbocycles. The van der Waals surface area contributed by atoms with Crippen LogP contribution in [0.2, 0.25) is 0 Å². The van der Waals surface area contributed by atoms with Gasteiger partial charge in [0.15, 0.2) is 0 Å². The van der Waals surface area contributed by atoms with E-state index in [4.69, 9.17) is 0 Å². The smallest absolute Gasteiger partial charge is 0.251 e. The molecule has 2 heteroatoms. The molecule has 1 aromatic rings. The SMILES string of the molecule is Cc1[c][nH]c(=O)c(C)c1C. The minimum absolute atomic E-state index is 0.0388.